The number of hydrogen-bond donors (Lipinski definition) is 2. The molecule has 0 aliphatic heterocycles. The summed E-state index contributed by atoms with van der Waals surface area (Å²) in [5.41, 5.74) is 6.34. The van der Waals surface area contributed by atoms with Gasteiger partial charge in [-0.05, 0) is 23.6 Å². The number of aliphatic hydroxyl groups is 1. The molecule has 0 saturated carbocycles. The standard InChI is InChI=1S/C14H23NO3/c1-14(2,3)12-7-11(17-4)5-6-13(12)18-9-10(16)8-15/h5-7,10,16H,8-9,15H2,1-4H3/t10-/m1/s1. The number of hydrogen-bond acceptors (Lipinski definition) is 4. The van der Waals surface area contributed by atoms with E-state index in [-0.39, 0.29) is 18.6 Å². The summed E-state index contributed by atoms with van der Waals surface area (Å²) in [4.78, 5) is 0. The lowest BCUT2D eigenvalue weighted by Gasteiger charge is -2.24. The number of benzene rings is 1. The highest BCUT2D eigenvalue weighted by Crippen LogP contribution is 2.34. The highest BCUT2D eigenvalue weighted by molar-refractivity contribution is 5.44. The molecule has 1 aromatic rings. The molecule has 0 aromatic heterocycles. The smallest absolute Gasteiger partial charge is 0.123 e. The quantitative estimate of drug-likeness (QED) is 0.838. The van der Waals surface area contributed by atoms with Crippen LogP contribution in [0.25, 0.3) is 0 Å². The number of methoxy groups -OCH3 is 1. The van der Waals surface area contributed by atoms with E-state index in [0.717, 1.165) is 17.1 Å². The molecular formula is C14H23NO3. The third kappa shape index (κ3) is 3.89. The van der Waals surface area contributed by atoms with E-state index in [4.69, 9.17) is 15.2 Å². The van der Waals surface area contributed by atoms with Crippen molar-refractivity contribution < 1.29 is 14.6 Å². The number of rotatable bonds is 5. The maximum absolute atomic E-state index is 9.44. The fraction of sp³-hybridized carbons (Fsp3) is 0.571. The second-order valence-corrected chi connectivity index (χ2v) is 5.31. The Morgan fingerprint density at radius 3 is 2.50 bits per heavy atom. The molecular weight excluding hydrogens is 230 g/mol. The predicted octanol–water partition coefficient (Wildman–Crippen LogP) is 1.69. The first-order chi connectivity index (χ1) is 8.38. The minimum absolute atomic E-state index is 0.0580. The first-order valence-corrected chi connectivity index (χ1v) is 6.08. The van der Waals surface area contributed by atoms with E-state index >= 15 is 0 Å². The molecule has 3 N–H and O–H groups in total. The van der Waals surface area contributed by atoms with E-state index in [9.17, 15) is 5.11 Å². The van der Waals surface area contributed by atoms with E-state index in [1.165, 1.54) is 0 Å². The van der Waals surface area contributed by atoms with E-state index in [0.29, 0.717) is 0 Å². The largest absolute Gasteiger partial charge is 0.497 e. The number of aliphatic hydroxyl groups excluding tert-OH is 1. The van der Waals surface area contributed by atoms with Crippen LogP contribution in [-0.4, -0.2) is 31.5 Å². The Morgan fingerprint density at radius 2 is 2.00 bits per heavy atom. The molecule has 0 amide bonds. The second-order valence-electron chi connectivity index (χ2n) is 5.31. The van der Waals surface area contributed by atoms with Crippen molar-refractivity contribution in [3.63, 3.8) is 0 Å². The fourth-order valence-corrected chi connectivity index (χ4v) is 1.60. The van der Waals surface area contributed by atoms with Crippen LogP contribution < -0.4 is 15.2 Å². The zero-order valence-electron chi connectivity index (χ0n) is 11.6. The molecule has 1 rings (SSSR count). The highest BCUT2D eigenvalue weighted by Gasteiger charge is 2.20. The summed E-state index contributed by atoms with van der Waals surface area (Å²) in [6.07, 6.45) is -0.639. The minimum Gasteiger partial charge on any atom is -0.497 e. The minimum atomic E-state index is -0.639. The van der Waals surface area contributed by atoms with Crippen LogP contribution in [0, 0.1) is 0 Å². The summed E-state index contributed by atoms with van der Waals surface area (Å²) in [6.45, 7) is 6.71. The molecule has 0 radical (unpaired) electrons. The normalized spacial score (nSPS) is 13.2. The Balaban J connectivity index is 2.96. The zero-order chi connectivity index (χ0) is 13.8. The third-order valence-corrected chi connectivity index (χ3v) is 2.70. The first-order valence-electron chi connectivity index (χ1n) is 6.08. The topological polar surface area (TPSA) is 64.7 Å². The summed E-state index contributed by atoms with van der Waals surface area (Å²) < 4.78 is 10.9. The Morgan fingerprint density at radius 1 is 1.33 bits per heavy atom. The van der Waals surface area contributed by atoms with Gasteiger partial charge in [0.2, 0.25) is 0 Å². The fourth-order valence-electron chi connectivity index (χ4n) is 1.60. The summed E-state index contributed by atoms with van der Waals surface area (Å²) in [5, 5.41) is 9.44. The average molecular weight is 253 g/mol. The first kappa shape index (κ1) is 14.8. The maximum Gasteiger partial charge on any atom is 0.123 e. The number of nitrogens with two attached hydrogens (primary N) is 1. The van der Waals surface area contributed by atoms with Gasteiger partial charge in [0.15, 0.2) is 0 Å². The van der Waals surface area contributed by atoms with Crippen LogP contribution in [0.3, 0.4) is 0 Å². The SMILES string of the molecule is COc1ccc(OC[C@H](O)CN)c(C(C)(C)C)c1. The summed E-state index contributed by atoms with van der Waals surface area (Å²) in [7, 11) is 1.64. The van der Waals surface area contributed by atoms with Gasteiger partial charge in [0.1, 0.15) is 24.2 Å². The molecule has 0 aliphatic rings. The van der Waals surface area contributed by atoms with Gasteiger partial charge in [-0.2, -0.15) is 0 Å². The van der Waals surface area contributed by atoms with E-state index in [1.807, 2.05) is 18.2 Å². The molecule has 0 heterocycles. The molecule has 0 aliphatic carbocycles. The van der Waals surface area contributed by atoms with Gasteiger partial charge >= 0.3 is 0 Å². The molecule has 0 bridgehead atoms. The second kappa shape index (κ2) is 6.07. The van der Waals surface area contributed by atoms with E-state index in [2.05, 4.69) is 20.8 Å². The van der Waals surface area contributed by atoms with Crippen molar-refractivity contribution in [1.29, 1.82) is 0 Å². The Bertz CT molecular complexity index is 385. The van der Waals surface area contributed by atoms with Gasteiger partial charge in [-0.15, -0.1) is 0 Å². The lowest BCUT2D eigenvalue weighted by molar-refractivity contribution is 0.113. The van der Waals surface area contributed by atoms with Crippen LogP contribution in [0.5, 0.6) is 11.5 Å². The Kier molecular flexibility index (Phi) is 4.99. The monoisotopic (exact) mass is 253 g/mol. The summed E-state index contributed by atoms with van der Waals surface area (Å²) in [5.74, 6) is 1.56. The van der Waals surface area contributed by atoms with E-state index in [1.54, 1.807) is 7.11 Å². The molecule has 4 heteroatoms. The molecule has 0 spiro atoms. The van der Waals surface area contributed by atoms with Crippen molar-refractivity contribution in [1.82, 2.24) is 0 Å². The molecule has 18 heavy (non-hydrogen) atoms. The van der Waals surface area contributed by atoms with Crippen molar-refractivity contribution in [3.05, 3.63) is 23.8 Å². The van der Waals surface area contributed by atoms with Gasteiger partial charge in [-0.1, -0.05) is 20.8 Å². The van der Waals surface area contributed by atoms with E-state index < -0.39 is 6.10 Å². The Hall–Kier alpha value is -1.26. The summed E-state index contributed by atoms with van der Waals surface area (Å²) >= 11 is 0. The highest BCUT2D eigenvalue weighted by atomic mass is 16.5. The van der Waals surface area contributed by atoms with Crippen LogP contribution in [0.15, 0.2) is 18.2 Å². The lowest BCUT2D eigenvalue weighted by Crippen LogP contribution is -2.27. The molecule has 1 atom stereocenters. The van der Waals surface area contributed by atoms with Gasteiger partial charge < -0.3 is 20.3 Å². The van der Waals surface area contributed by atoms with Gasteiger partial charge in [-0.25, -0.2) is 0 Å². The molecule has 1 aromatic carbocycles. The van der Waals surface area contributed by atoms with Crippen LogP contribution in [0.2, 0.25) is 0 Å². The van der Waals surface area contributed by atoms with Gasteiger partial charge in [0, 0.05) is 12.1 Å². The van der Waals surface area contributed by atoms with Crippen molar-refractivity contribution in [2.24, 2.45) is 5.73 Å². The van der Waals surface area contributed by atoms with Gasteiger partial charge in [-0.3, -0.25) is 0 Å². The van der Waals surface area contributed by atoms with Gasteiger partial charge in [0.25, 0.3) is 0 Å². The van der Waals surface area contributed by atoms with Crippen molar-refractivity contribution in [2.45, 2.75) is 32.3 Å². The molecule has 0 saturated heterocycles. The van der Waals surface area contributed by atoms with Gasteiger partial charge in [0.05, 0.1) is 7.11 Å². The van der Waals surface area contributed by atoms with Crippen LogP contribution >= 0.6 is 0 Å². The van der Waals surface area contributed by atoms with Crippen LogP contribution in [0.1, 0.15) is 26.3 Å². The molecule has 4 nitrogen and oxygen atoms in total. The molecule has 0 fully saturated rings. The number of ether oxygens (including phenoxy) is 2. The average Bonchev–Trinajstić information content (AvgIpc) is 2.34. The predicted molar refractivity (Wildman–Crippen MR) is 72.3 cm³/mol. The molecule has 102 valence electrons. The molecule has 0 unspecified atom stereocenters. The maximum atomic E-state index is 9.44. The van der Waals surface area contributed by atoms with Crippen molar-refractivity contribution in [3.8, 4) is 11.5 Å². The Labute approximate surface area is 109 Å². The van der Waals surface area contributed by atoms with Crippen molar-refractivity contribution >= 4 is 0 Å². The van der Waals surface area contributed by atoms with Crippen LogP contribution in [0.4, 0.5) is 0 Å². The van der Waals surface area contributed by atoms with Crippen LogP contribution in [-0.2, 0) is 5.41 Å². The third-order valence-electron chi connectivity index (χ3n) is 2.70. The zero-order valence-corrected chi connectivity index (χ0v) is 11.6. The lowest BCUT2D eigenvalue weighted by atomic mass is 9.86. The summed E-state index contributed by atoms with van der Waals surface area (Å²) in [6, 6.07) is 5.67. The van der Waals surface area contributed by atoms with Crippen molar-refractivity contribution in [2.75, 3.05) is 20.3 Å².